The molecular weight excluding hydrogens is 200 g/mol. The Morgan fingerprint density at radius 3 is 2.69 bits per heavy atom. The summed E-state index contributed by atoms with van der Waals surface area (Å²) in [7, 11) is 0. The minimum atomic E-state index is -0.276. The van der Waals surface area contributed by atoms with Gasteiger partial charge in [0.25, 0.3) is 0 Å². The van der Waals surface area contributed by atoms with Crippen LogP contribution in [0.3, 0.4) is 0 Å². The van der Waals surface area contributed by atoms with E-state index in [4.69, 9.17) is 4.74 Å². The van der Waals surface area contributed by atoms with Crippen molar-refractivity contribution >= 4 is 5.97 Å². The molecule has 1 fully saturated rings. The van der Waals surface area contributed by atoms with Crippen molar-refractivity contribution in [3.05, 3.63) is 23.8 Å². The van der Waals surface area contributed by atoms with Crippen molar-refractivity contribution < 1.29 is 9.53 Å². The normalized spacial score (nSPS) is 30.1. The smallest absolute Gasteiger partial charge is 0.333 e. The first-order chi connectivity index (χ1) is 7.43. The zero-order valence-corrected chi connectivity index (χ0v) is 10.4. The molecule has 1 saturated carbocycles. The molecule has 2 aliphatic carbocycles. The number of ether oxygens (including phenoxy) is 1. The molecule has 2 nitrogen and oxygen atoms in total. The number of allylic oxidation sites excluding steroid dienone is 1. The number of rotatable bonds is 3. The Morgan fingerprint density at radius 2 is 2.25 bits per heavy atom. The highest BCUT2D eigenvalue weighted by Gasteiger charge is 2.48. The maximum Gasteiger partial charge on any atom is 0.333 e. The third-order valence-corrected chi connectivity index (χ3v) is 4.20. The molecule has 2 rings (SSSR count). The molecule has 0 aromatic carbocycles. The zero-order chi connectivity index (χ0) is 11.9. The largest absolute Gasteiger partial charge is 0.458 e. The Kier molecular flexibility index (Phi) is 2.69. The second-order valence-corrected chi connectivity index (χ2v) is 5.66. The predicted octanol–water partition coefficient (Wildman–Crippen LogP) is 3.10. The molecule has 2 bridgehead atoms. The lowest BCUT2D eigenvalue weighted by Gasteiger charge is -2.25. The van der Waals surface area contributed by atoms with E-state index in [0.717, 1.165) is 0 Å². The summed E-state index contributed by atoms with van der Waals surface area (Å²) in [5, 5.41) is 0. The first-order valence-electron chi connectivity index (χ1n) is 5.96. The Morgan fingerprint density at radius 1 is 1.56 bits per heavy atom. The zero-order valence-electron chi connectivity index (χ0n) is 10.4. The quantitative estimate of drug-likeness (QED) is 0.415. The Hall–Kier alpha value is -1.05. The van der Waals surface area contributed by atoms with Crippen molar-refractivity contribution in [1.82, 2.24) is 0 Å². The van der Waals surface area contributed by atoms with Gasteiger partial charge in [0.1, 0.15) is 6.61 Å². The van der Waals surface area contributed by atoms with Gasteiger partial charge in [0, 0.05) is 5.57 Å². The maximum absolute atomic E-state index is 11.3. The van der Waals surface area contributed by atoms with Gasteiger partial charge in [-0.05, 0) is 42.6 Å². The summed E-state index contributed by atoms with van der Waals surface area (Å²) < 4.78 is 5.23. The molecule has 0 heterocycles. The van der Waals surface area contributed by atoms with E-state index in [1.165, 1.54) is 18.4 Å². The van der Waals surface area contributed by atoms with E-state index in [1.807, 2.05) is 0 Å². The predicted molar refractivity (Wildman–Crippen MR) is 63.9 cm³/mol. The summed E-state index contributed by atoms with van der Waals surface area (Å²) >= 11 is 0. The molecule has 0 aromatic rings. The van der Waals surface area contributed by atoms with Crippen molar-refractivity contribution in [3.63, 3.8) is 0 Å². The van der Waals surface area contributed by atoms with Crippen molar-refractivity contribution in [2.24, 2.45) is 17.3 Å². The van der Waals surface area contributed by atoms with E-state index >= 15 is 0 Å². The fourth-order valence-electron chi connectivity index (χ4n) is 3.11. The molecule has 2 atom stereocenters. The summed E-state index contributed by atoms with van der Waals surface area (Å²) in [5.74, 6) is 1.01. The standard InChI is InChI=1S/C14H20O2/c1-9(2)13(15)16-8-10-7-11-5-6-12(10)14(11,3)4/h7,11-12H,1,5-6,8H2,2-4H3. The number of carbonyl (C=O) groups is 1. The van der Waals surface area contributed by atoms with E-state index in [-0.39, 0.29) is 5.97 Å². The minimum absolute atomic E-state index is 0.276. The molecule has 0 amide bonds. The van der Waals surface area contributed by atoms with Crippen molar-refractivity contribution in [2.75, 3.05) is 6.61 Å². The van der Waals surface area contributed by atoms with Crippen LogP contribution in [0.2, 0.25) is 0 Å². The lowest BCUT2D eigenvalue weighted by atomic mass is 9.79. The molecular formula is C14H20O2. The van der Waals surface area contributed by atoms with Gasteiger partial charge in [-0.2, -0.15) is 0 Å². The topological polar surface area (TPSA) is 26.3 Å². The van der Waals surface area contributed by atoms with Crippen LogP contribution in [0.5, 0.6) is 0 Å². The van der Waals surface area contributed by atoms with Crippen LogP contribution in [0, 0.1) is 17.3 Å². The summed E-state index contributed by atoms with van der Waals surface area (Å²) in [6.45, 7) is 10.4. The highest BCUT2D eigenvalue weighted by Crippen LogP contribution is 2.56. The fourth-order valence-corrected chi connectivity index (χ4v) is 3.11. The molecule has 88 valence electrons. The first kappa shape index (κ1) is 11.4. The molecule has 0 saturated heterocycles. The van der Waals surface area contributed by atoms with Gasteiger partial charge in [-0.1, -0.05) is 26.5 Å². The molecule has 0 N–H and O–H groups in total. The second kappa shape index (κ2) is 3.76. The lowest BCUT2D eigenvalue weighted by Crippen LogP contribution is -2.20. The number of hydrogen-bond donors (Lipinski definition) is 0. The van der Waals surface area contributed by atoms with Gasteiger partial charge in [-0.15, -0.1) is 0 Å². The summed E-state index contributed by atoms with van der Waals surface area (Å²) in [6.07, 6.45) is 4.85. The molecule has 2 aliphatic rings. The van der Waals surface area contributed by atoms with Crippen molar-refractivity contribution in [2.45, 2.75) is 33.6 Å². The van der Waals surface area contributed by atoms with Crippen LogP contribution in [0.25, 0.3) is 0 Å². The van der Waals surface area contributed by atoms with Gasteiger partial charge in [-0.25, -0.2) is 4.79 Å². The Labute approximate surface area is 97.4 Å². The monoisotopic (exact) mass is 220 g/mol. The lowest BCUT2D eigenvalue weighted by molar-refractivity contribution is -0.138. The minimum Gasteiger partial charge on any atom is -0.458 e. The molecule has 2 unspecified atom stereocenters. The van der Waals surface area contributed by atoms with Crippen LogP contribution in [0.4, 0.5) is 0 Å². The van der Waals surface area contributed by atoms with Gasteiger partial charge >= 0.3 is 5.97 Å². The third kappa shape index (κ3) is 1.70. The van der Waals surface area contributed by atoms with E-state index in [0.29, 0.717) is 29.4 Å². The van der Waals surface area contributed by atoms with Crippen LogP contribution in [-0.4, -0.2) is 12.6 Å². The molecule has 0 spiro atoms. The van der Waals surface area contributed by atoms with Crippen LogP contribution in [-0.2, 0) is 9.53 Å². The average Bonchev–Trinajstić information content (AvgIpc) is 2.63. The molecule has 16 heavy (non-hydrogen) atoms. The summed E-state index contributed by atoms with van der Waals surface area (Å²) in [5.41, 5.74) is 2.16. The van der Waals surface area contributed by atoms with Crippen LogP contribution in [0.15, 0.2) is 23.8 Å². The van der Waals surface area contributed by atoms with Gasteiger partial charge < -0.3 is 4.74 Å². The third-order valence-electron chi connectivity index (χ3n) is 4.20. The van der Waals surface area contributed by atoms with Gasteiger partial charge in [0.15, 0.2) is 0 Å². The number of esters is 1. The molecule has 0 radical (unpaired) electrons. The Bertz CT molecular complexity index is 363. The van der Waals surface area contributed by atoms with Gasteiger partial charge in [-0.3, -0.25) is 0 Å². The summed E-state index contributed by atoms with van der Waals surface area (Å²) in [6, 6.07) is 0. The number of fused-ring (bicyclic) bond motifs is 2. The highest BCUT2D eigenvalue weighted by atomic mass is 16.5. The van der Waals surface area contributed by atoms with Gasteiger partial charge in [0.2, 0.25) is 0 Å². The van der Waals surface area contributed by atoms with Crippen LogP contribution < -0.4 is 0 Å². The Balaban J connectivity index is 1.97. The average molecular weight is 220 g/mol. The first-order valence-corrected chi connectivity index (χ1v) is 5.96. The maximum atomic E-state index is 11.3. The van der Waals surface area contributed by atoms with E-state index in [2.05, 4.69) is 26.5 Å². The van der Waals surface area contributed by atoms with E-state index < -0.39 is 0 Å². The number of carbonyl (C=O) groups excluding carboxylic acids is 1. The second-order valence-electron chi connectivity index (χ2n) is 5.66. The van der Waals surface area contributed by atoms with E-state index in [1.54, 1.807) is 6.92 Å². The van der Waals surface area contributed by atoms with Crippen LogP contribution in [0.1, 0.15) is 33.6 Å². The van der Waals surface area contributed by atoms with Crippen molar-refractivity contribution in [1.29, 1.82) is 0 Å². The summed E-state index contributed by atoms with van der Waals surface area (Å²) in [4.78, 5) is 11.3. The molecule has 2 heteroatoms. The van der Waals surface area contributed by atoms with Crippen LogP contribution >= 0.6 is 0 Å². The van der Waals surface area contributed by atoms with Crippen molar-refractivity contribution in [3.8, 4) is 0 Å². The van der Waals surface area contributed by atoms with Gasteiger partial charge in [0.05, 0.1) is 0 Å². The molecule has 0 aromatic heterocycles. The van der Waals surface area contributed by atoms with E-state index in [9.17, 15) is 4.79 Å². The molecule has 0 aliphatic heterocycles. The fraction of sp³-hybridized carbons (Fsp3) is 0.643. The number of hydrogen-bond acceptors (Lipinski definition) is 2. The SMILES string of the molecule is C=C(C)C(=O)OCC1=CC2CCC1C2(C)C. The highest BCUT2D eigenvalue weighted by molar-refractivity contribution is 5.87.